The fourth-order valence-electron chi connectivity index (χ4n) is 3.36. The Hall–Kier alpha value is -4.05. The lowest BCUT2D eigenvalue weighted by Crippen LogP contribution is -2.16. The molecule has 0 unspecified atom stereocenters. The highest BCUT2D eigenvalue weighted by atomic mass is 32.2. The highest BCUT2D eigenvalue weighted by Gasteiger charge is 2.17. The van der Waals surface area contributed by atoms with E-state index in [-0.39, 0.29) is 22.0 Å². The van der Waals surface area contributed by atoms with Gasteiger partial charge in [-0.25, -0.2) is 23.1 Å². The van der Waals surface area contributed by atoms with Gasteiger partial charge in [0.05, 0.1) is 10.3 Å². The molecule has 0 radical (unpaired) electrons. The van der Waals surface area contributed by atoms with Crippen molar-refractivity contribution in [2.45, 2.75) is 25.7 Å². The summed E-state index contributed by atoms with van der Waals surface area (Å²) < 4.78 is 33.1. The van der Waals surface area contributed by atoms with Crippen molar-refractivity contribution >= 4 is 38.5 Å². The van der Waals surface area contributed by atoms with Crippen LogP contribution in [-0.2, 0) is 10.0 Å². The number of hydrogen-bond donors (Lipinski definition) is 2. The van der Waals surface area contributed by atoms with Gasteiger partial charge in [-0.05, 0) is 68.3 Å². The van der Waals surface area contributed by atoms with E-state index in [9.17, 15) is 18.0 Å². The van der Waals surface area contributed by atoms with Gasteiger partial charge in [-0.2, -0.15) is 0 Å². The van der Waals surface area contributed by atoms with E-state index in [1.54, 1.807) is 19.1 Å². The number of sulfonamides is 1. The van der Waals surface area contributed by atoms with Crippen LogP contribution in [0.5, 0.6) is 0 Å². The van der Waals surface area contributed by atoms with Gasteiger partial charge in [-0.1, -0.05) is 6.07 Å². The molecular weight excluding hydrogens is 444 g/mol. The minimum absolute atomic E-state index is 0.0335. The zero-order valence-electron chi connectivity index (χ0n) is 18.0. The summed E-state index contributed by atoms with van der Waals surface area (Å²) in [7, 11) is -3.91. The van der Waals surface area contributed by atoms with Gasteiger partial charge in [-0.3, -0.25) is 9.59 Å². The van der Waals surface area contributed by atoms with Crippen LogP contribution in [0.2, 0.25) is 0 Å². The van der Waals surface area contributed by atoms with Crippen LogP contribution in [0.25, 0.3) is 11.0 Å². The Labute approximate surface area is 189 Å². The summed E-state index contributed by atoms with van der Waals surface area (Å²) in [6.45, 7) is 5.40. The highest BCUT2D eigenvalue weighted by Crippen LogP contribution is 2.20. The molecule has 2 N–H and O–H groups in total. The maximum Gasteiger partial charge on any atom is 0.291 e. The maximum atomic E-state index is 12.6. The lowest BCUT2D eigenvalue weighted by atomic mass is 10.1. The summed E-state index contributed by atoms with van der Waals surface area (Å²) in [6, 6.07) is 11.9. The summed E-state index contributed by atoms with van der Waals surface area (Å²) in [4.78, 5) is 33.0. The number of anilines is 2. The molecule has 2 aromatic carbocycles. The number of benzene rings is 2. The monoisotopic (exact) mass is 464 g/mol. The smallest absolute Gasteiger partial charge is 0.291 e. The second-order valence-electron chi connectivity index (χ2n) is 7.54. The average Bonchev–Trinajstić information content (AvgIpc) is 2.73. The Balaban J connectivity index is 1.54. The molecule has 9 nitrogen and oxygen atoms in total. The lowest BCUT2D eigenvalue weighted by Gasteiger charge is -2.09. The van der Waals surface area contributed by atoms with Gasteiger partial charge in [-0.15, -0.1) is 0 Å². The number of nitrogens with zero attached hydrogens (tertiary/aromatic N) is 2. The zero-order valence-corrected chi connectivity index (χ0v) is 18.9. The third-order valence-electron chi connectivity index (χ3n) is 4.84. The first-order chi connectivity index (χ1) is 15.6. The molecule has 4 rings (SSSR count). The fraction of sp³-hybridized carbons (Fsp3) is 0.130. The van der Waals surface area contributed by atoms with Gasteiger partial charge in [0.1, 0.15) is 5.58 Å². The van der Waals surface area contributed by atoms with Crippen molar-refractivity contribution in [3.8, 4) is 0 Å². The average molecular weight is 465 g/mol. The Morgan fingerprint density at radius 2 is 1.73 bits per heavy atom. The molecule has 0 spiro atoms. The molecule has 0 fully saturated rings. The molecule has 0 aliphatic carbocycles. The van der Waals surface area contributed by atoms with E-state index in [0.29, 0.717) is 22.4 Å². The van der Waals surface area contributed by atoms with Gasteiger partial charge in [0.15, 0.2) is 11.2 Å². The third kappa shape index (κ3) is 4.75. The van der Waals surface area contributed by atoms with E-state index < -0.39 is 15.9 Å². The largest absolute Gasteiger partial charge is 0.451 e. The van der Waals surface area contributed by atoms with Gasteiger partial charge >= 0.3 is 0 Å². The third-order valence-corrected chi connectivity index (χ3v) is 6.18. The molecule has 0 aliphatic rings. The number of nitrogens with one attached hydrogen (secondary N) is 2. The van der Waals surface area contributed by atoms with Gasteiger partial charge < -0.3 is 9.73 Å². The lowest BCUT2D eigenvalue weighted by molar-refractivity contribution is 0.0997. The molecule has 2 heterocycles. The quantitative estimate of drug-likeness (QED) is 0.462. The topological polar surface area (TPSA) is 131 Å². The number of hydrogen-bond acceptors (Lipinski definition) is 7. The predicted octanol–water partition coefficient (Wildman–Crippen LogP) is 3.56. The van der Waals surface area contributed by atoms with Crippen molar-refractivity contribution in [2.24, 2.45) is 0 Å². The van der Waals surface area contributed by atoms with Crippen LogP contribution in [0.15, 0.2) is 68.8 Å². The molecule has 1 amide bonds. The first kappa shape index (κ1) is 22.2. The molecule has 4 aromatic rings. The number of carbonyl (C=O) groups excluding carboxylic acids is 1. The van der Waals surface area contributed by atoms with Gasteiger partial charge in [0.2, 0.25) is 5.95 Å². The molecule has 0 atom stereocenters. The molecule has 0 saturated heterocycles. The number of aromatic nitrogens is 2. The summed E-state index contributed by atoms with van der Waals surface area (Å²) in [5.41, 5.74) is 2.63. The number of aryl methyl sites for hydroxylation is 3. The van der Waals surface area contributed by atoms with Crippen molar-refractivity contribution in [3.05, 3.63) is 87.5 Å². The summed E-state index contributed by atoms with van der Waals surface area (Å²) in [6.07, 6.45) is 1.45. The van der Waals surface area contributed by atoms with Crippen molar-refractivity contribution in [1.29, 1.82) is 0 Å². The predicted molar refractivity (Wildman–Crippen MR) is 124 cm³/mol. The van der Waals surface area contributed by atoms with E-state index >= 15 is 0 Å². The van der Waals surface area contributed by atoms with Gasteiger partial charge in [0, 0.05) is 23.6 Å². The molecular formula is C23H20N4O5S. The molecule has 2 aromatic heterocycles. The molecule has 33 heavy (non-hydrogen) atoms. The van der Waals surface area contributed by atoms with Crippen LogP contribution in [0.4, 0.5) is 11.6 Å². The van der Waals surface area contributed by atoms with Crippen LogP contribution in [0.3, 0.4) is 0 Å². The maximum absolute atomic E-state index is 12.6. The summed E-state index contributed by atoms with van der Waals surface area (Å²) in [5, 5.41) is 3.03. The minimum atomic E-state index is -3.91. The Morgan fingerprint density at radius 3 is 2.42 bits per heavy atom. The summed E-state index contributed by atoms with van der Waals surface area (Å²) in [5.74, 6) is -0.813. The van der Waals surface area contributed by atoms with Gasteiger partial charge in [0.25, 0.3) is 15.9 Å². The standard InChI is InChI=1S/C23H20N4O5S/c1-13-10-14(2)21-18(28)12-20(32-19(21)11-13)22(29)26-16-4-6-17(7-5-16)33(30,31)27-23-24-9-8-15(3)25-23/h4-12H,1-3H3,(H,26,29)(H,24,25,27). The van der Waals surface area contributed by atoms with Crippen molar-refractivity contribution < 1.29 is 17.6 Å². The fourth-order valence-corrected chi connectivity index (χ4v) is 4.31. The molecule has 0 saturated carbocycles. The Kier molecular flexibility index (Phi) is 5.69. The molecule has 0 aliphatic heterocycles. The van der Waals surface area contributed by atoms with Crippen LogP contribution in [0, 0.1) is 20.8 Å². The number of carbonyl (C=O) groups is 1. The second-order valence-corrected chi connectivity index (χ2v) is 9.22. The summed E-state index contributed by atoms with van der Waals surface area (Å²) >= 11 is 0. The van der Waals surface area contributed by atoms with E-state index in [2.05, 4.69) is 20.0 Å². The molecule has 168 valence electrons. The van der Waals surface area contributed by atoms with Crippen LogP contribution in [0.1, 0.15) is 27.4 Å². The van der Waals surface area contributed by atoms with Crippen molar-refractivity contribution in [2.75, 3.05) is 10.0 Å². The minimum Gasteiger partial charge on any atom is -0.451 e. The van der Waals surface area contributed by atoms with Crippen LogP contribution in [-0.4, -0.2) is 24.3 Å². The number of amides is 1. The number of rotatable bonds is 5. The number of fused-ring (bicyclic) bond motifs is 1. The second kappa shape index (κ2) is 8.47. The first-order valence-corrected chi connectivity index (χ1v) is 11.4. The SMILES string of the molecule is Cc1cc(C)c2c(=O)cc(C(=O)Nc3ccc(S(=O)(=O)Nc4nccc(C)n4)cc3)oc2c1. The first-order valence-electron chi connectivity index (χ1n) is 9.91. The normalized spacial score (nSPS) is 11.4. The van der Waals surface area contributed by atoms with E-state index in [4.69, 9.17) is 4.42 Å². The zero-order chi connectivity index (χ0) is 23.8. The highest BCUT2D eigenvalue weighted by molar-refractivity contribution is 7.92. The van der Waals surface area contributed by atoms with E-state index in [0.717, 1.165) is 17.2 Å². The van der Waals surface area contributed by atoms with Crippen molar-refractivity contribution in [3.63, 3.8) is 0 Å². The molecule has 0 bridgehead atoms. The Bertz CT molecular complexity index is 1540. The Morgan fingerprint density at radius 1 is 1.00 bits per heavy atom. The van der Waals surface area contributed by atoms with Crippen LogP contribution < -0.4 is 15.5 Å². The van der Waals surface area contributed by atoms with Crippen molar-refractivity contribution in [1.82, 2.24) is 9.97 Å². The molecule has 10 heteroatoms. The van der Waals surface area contributed by atoms with E-state index in [1.807, 2.05) is 19.9 Å². The van der Waals surface area contributed by atoms with E-state index in [1.165, 1.54) is 30.5 Å². The van der Waals surface area contributed by atoms with Crippen LogP contribution >= 0.6 is 0 Å².